The summed E-state index contributed by atoms with van der Waals surface area (Å²) in [5.74, 6) is -0.107. The molecular weight excluding hydrogens is 238 g/mol. The van der Waals surface area contributed by atoms with Crippen molar-refractivity contribution in [1.82, 2.24) is 10.3 Å². The number of thiazole rings is 1. The van der Waals surface area contributed by atoms with Crippen LogP contribution in [0.2, 0.25) is 0 Å². The predicted molar refractivity (Wildman–Crippen MR) is 67.2 cm³/mol. The smallest absolute Gasteiger partial charge is 0.263 e. The highest BCUT2D eigenvalue weighted by Gasteiger charge is 2.30. The molecule has 0 aromatic carbocycles. The second-order valence-corrected chi connectivity index (χ2v) is 5.67. The van der Waals surface area contributed by atoms with E-state index >= 15 is 0 Å². The van der Waals surface area contributed by atoms with Gasteiger partial charge in [0.05, 0.1) is 17.8 Å². The molecule has 2 rings (SSSR count). The lowest BCUT2D eigenvalue weighted by molar-refractivity contribution is 0.0273. The quantitative estimate of drug-likeness (QED) is 0.836. The summed E-state index contributed by atoms with van der Waals surface area (Å²) in [7, 11) is 0. The van der Waals surface area contributed by atoms with E-state index in [-0.39, 0.29) is 11.4 Å². The number of nitrogens with zero attached hydrogens (tertiary/aromatic N) is 1. The van der Waals surface area contributed by atoms with Crippen LogP contribution in [0.15, 0.2) is 0 Å². The van der Waals surface area contributed by atoms with Gasteiger partial charge >= 0.3 is 0 Å². The fraction of sp³-hybridized carbons (Fsp3) is 0.636. The molecule has 0 radical (unpaired) electrons. The Kier molecular flexibility index (Phi) is 3.35. The maximum absolute atomic E-state index is 12.1. The average Bonchev–Trinajstić information content (AvgIpc) is 2.58. The van der Waals surface area contributed by atoms with E-state index in [1.54, 1.807) is 6.92 Å². The molecule has 1 unspecified atom stereocenters. The van der Waals surface area contributed by atoms with Gasteiger partial charge in [-0.1, -0.05) is 11.3 Å². The number of ether oxygens (including phenoxy) is 1. The van der Waals surface area contributed by atoms with E-state index in [4.69, 9.17) is 10.5 Å². The topological polar surface area (TPSA) is 77.2 Å². The van der Waals surface area contributed by atoms with Gasteiger partial charge in [0.1, 0.15) is 4.88 Å². The van der Waals surface area contributed by atoms with Crippen LogP contribution in [0.3, 0.4) is 0 Å². The van der Waals surface area contributed by atoms with Gasteiger partial charge in [-0.05, 0) is 26.7 Å². The molecule has 0 bridgehead atoms. The number of nitrogens with two attached hydrogens (primary N) is 1. The fourth-order valence-corrected chi connectivity index (χ4v) is 2.72. The third kappa shape index (κ3) is 2.76. The zero-order chi connectivity index (χ0) is 12.5. The van der Waals surface area contributed by atoms with Gasteiger partial charge in [-0.25, -0.2) is 4.98 Å². The normalized spacial score (nSPS) is 24.6. The Morgan fingerprint density at radius 3 is 2.94 bits per heavy atom. The average molecular weight is 255 g/mol. The number of aryl methyl sites for hydroxylation is 1. The van der Waals surface area contributed by atoms with E-state index in [0.717, 1.165) is 19.4 Å². The van der Waals surface area contributed by atoms with Crippen molar-refractivity contribution in [2.45, 2.75) is 32.2 Å². The summed E-state index contributed by atoms with van der Waals surface area (Å²) in [6, 6.07) is 0. The number of anilines is 1. The van der Waals surface area contributed by atoms with Crippen LogP contribution in [0, 0.1) is 6.92 Å². The largest absolute Gasteiger partial charge is 0.379 e. The molecule has 3 N–H and O–H groups in total. The Bertz CT molecular complexity index is 424. The van der Waals surface area contributed by atoms with Crippen LogP contribution in [0.25, 0.3) is 0 Å². The molecule has 17 heavy (non-hydrogen) atoms. The molecule has 1 amide bonds. The van der Waals surface area contributed by atoms with Crippen LogP contribution in [-0.4, -0.2) is 29.6 Å². The van der Waals surface area contributed by atoms with Gasteiger partial charge in [0.2, 0.25) is 0 Å². The first-order valence-corrected chi connectivity index (χ1v) is 6.45. The van der Waals surface area contributed by atoms with Crippen molar-refractivity contribution in [3.05, 3.63) is 10.6 Å². The van der Waals surface area contributed by atoms with Gasteiger partial charge in [-0.3, -0.25) is 4.79 Å². The van der Waals surface area contributed by atoms with Crippen LogP contribution in [0.1, 0.15) is 35.1 Å². The standard InChI is InChI=1S/C11H17N3O2S/c1-7-8(17-10(12)13-7)9(15)14-11(2)4-3-5-16-6-11/h3-6H2,1-2H3,(H2,12,13)(H,14,15). The number of rotatable bonds is 2. The second kappa shape index (κ2) is 4.62. The minimum atomic E-state index is -0.277. The van der Waals surface area contributed by atoms with Gasteiger partial charge in [0.15, 0.2) is 5.13 Å². The zero-order valence-corrected chi connectivity index (χ0v) is 10.9. The summed E-state index contributed by atoms with van der Waals surface area (Å²) in [5, 5.41) is 3.45. The first-order chi connectivity index (χ1) is 8.00. The molecule has 0 spiro atoms. The molecular formula is C11H17N3O2S. The fourth-order valence-electron chi connectivity index (χ4n) is 1.99. The van der Waals surface area contributed by atoms with Crippen molar-refractivity contribution in [2.75, 3.05) is 18.9 Å². The minimum Gasteiger partial charge on any atom is -0.379 e. The first-order valence-electron chi connectivity index (χ1n) is 5.63. The van der Waals surface area contributed by atoms with E-state index < -0.39 is 0 Å². The van der Waals surface area contributed by atoms with E-state index in [9.17, 15) is 4.79 Å². The lowest BCUT2D eigenvalue weighted by Crippen LogP contribution is -2.51. The highest BCUT2D eigenvalue weighted by atomic mass is 32.1. The van der Waals surface area contributed by atoms with Gasteiger partial charge in [0.25, 0.3) is 5.91 Å². The van der Waals surface area contributed by atoms with Crippen molar-refractivity contribution < 1.29 is 9.53 Å². The lowest BCUT2D eigenvalue weighted by Gasteiger charge is -2.34. The number of amides is 1. The molecule has 2 heterocycles. The number of nitrogen functional groups attached to an aromatic ring is 1. The number of hydrogen-bond acceptors (Lipinski definition) is 5. The first kappa shape index (κ1) is 12.3. The Morgan fingerprint density at radius 2 is 2.41 bits per heavy atom. The van der Waals surface area contributed by atoms with E-state index in [1.807, 2.05) is 6.92 Å². The van der Waals surface area contributed by atoms with Crippen molar-refractivity contribution in [3.63, 3.8) is 0 Å². The summed E-state index contributed by atoms with van der Waals surface area (Å²) >= 11 is 1.22. The molecule has 1 aliphatic heterocycles. The number of carbonyl (C=O) groups is 1. The molecule has 6 heteroatoms. The molecule has 0 saturated carbocycles. The Hall–Kier alpha value is -1.14. The van der Waals surface area contributed by atoms with E-state index in [0.29, 0.717) is 22.3 Å². The van der Waals surface area contributed by atoms with Crippen LogP contribution in [0.5, 0.6) is 0 Å². The number of nitrogens with one attached hydrogen (secondary N) is 1. The van der Waals surface area contributed by atoms with Crippen LogP contribution >= 0.6 is 11.3 Å². The van der Waals surface area contributed by atoms with Gasteiger partial charge in [0, 0.05) is 6.61 Å². The van der Waals surface area contributed by atoms with Crippen LogP contribution in [-0.2, 0) is 4.74 Å². The van der Waals surface area contributed by atoms with Gasteiger partial charge < -0.3 is 15.8 Å². The lowest BCUT2D eigenvalue weighted by atomic mass is 9.95. The second-order valence-electron chi connectivity index (χ2n) is 4.64. The minimum absolute atomic E-state index is 0.107. The maximum Gasteiger partial charge on any atom is 0.263 e. The third-order valence-corrected chi connectivity index (χ3v) is 3.86. The molecule has 1 aliphatic rings. The van der Waals surface area contributed by atoms with Crippen molar-refractivity contribution >= 4 is 22.4 Å². The molecule has 1 saturated heterocycles. The summed E-state index contributed by atoms with van der Waals surface area (Å²) in [6.45, 7) is 5.13. The molecule has 1 aromatic heterocycles. The Labute approximate surface area is 104 Å². The number of carbonyl (C=O) groups excluding carboxylic acids is 1. The highest BCUT2D eigenvalue weighted by Crippen LogP contribution is 2.23. The molecule has 1 fully saturated rings. The molecule has 5 nitrogen and oxygen atoms in total. The predicted octanol–water partition coefficient (Wildman–Crippen LogP) is 1.33. The van der Waals surface area contributed by atoms with Crippen LogP contribution in [0.4, 0.5) is 5.13 Å². The SMILES string of the molecule is Cc1nc(N)sc1C(=O)NC1(C)CCCOC1. The summed E-state index contributed by atoms with van der Waals surface area (Å²) in [5.41, 5.74) is 5.99. The number of aromatic nitrogens is 1. The Morgan fingerprint density at radius 1 is 1.65 bits per heavy atom. The monoisotopic (exact) mass is 255 g/mol. The third-order valence-electron chi connectivity index (χ3n) is 2.87. The molecule has 1 atom stereocenters. The molecule has 1 aromatic rings. The number of hydrogen-bond donors (Lipinski definition) is 2. The van der Waals surface area contributed by atoms with Crippen molar-refractivity contribution in [2.24, 2.45) is 0 Å². The maximum atomic E-state index is 12.1. The van der Waals surface area contributed by atoms with E-state index in [1.165, 1.54) is 11.3 Å². The highest BCUT2D eigenvalue weighted by molar-refractivity contribution is 7.17. The van der Waals surface area contributed by atoms with E-state index in [2.05, 4.69) is 10.3 Å². The molecule has 0 aliphatic carbocycles. The van der Waals surface area contributed by atoms with Gasteiger partial charge in [-0.2, -0.15) is 0 Å². The van der Waals surface area contributed by atoms with Gasteiger partial charge in [-0.15, -0.1) is 0 Å². The molecule has 94 valence electrons. The Balaban J connectivity index is 2.08. The van der Waals surface area contributed by atoms with Crippen LogP contribution < -0.4 is 11.1 Å². The summed E-state index contributed by atoms with van der Waals surface area (Å²) in [4.78, 5) is 16.7. The zero-order valence-electron chi connectivity index (χ0n) is 10.1. The van der Waals surface area contributed by atoms with Crippen molar-refractivity contribution in [3.8, 4) is 0 Å². The summed E-state index contributed by atoms with van der Waals surface area (Å²) < 4.78 is 5.41. The summed E-state index contributed by atoms with van der Waals surface area (Å²) in [6.07, 6.45) is 1.91. The van der Waals surface area contributed by atoms with Crippen molar-refractivity contribution in [1.29, 1.82) is 0 Å².